The fraction of sp³-hybridized carbons (Fsp3) is 0.545. The number of sulfonamides is 1. The van der Waals surface area contributed by atoms with Crippen LogP contribution in [0.5, 0.6) is 0 Å². The van der Waals surface area contributed by atoms with Crippen LogP contribution in [-0.4, -0.2) is 56.9 Å². The smallest absolute Gasteiger partial charge is 0.243 e. The van der Waals surface area contributed by atoms with E-state index in [1.165, 1.54) is 16.4 Å². The van der Waals surface area contributed by atoms with Crippen molar-refractivity contribution in [3.63, 3.8) is 0 Å². The zero-order chi connectivity index (χ0) is 22.0. The van der Waals surface area contributed by atoms with Gasteiger partial charge in [0.25, 0.3) is 0 Å². The van der Waals surface area contributed by atoms with Crippen molar-refractivity contribution in [1.29, 1.82) is 0 Å². The number of fused-ring (bicyclic) bond motifs is 1. The van der Waals surface area contributed by atoms with Gasteiger partial charge < -0.3 is 15.4 Å². The van der Waals surface area contributed by atoms with Crippen molar-refractivity contribution >= 4 is 27.5 Å². The Hall–Kier alpha value is -2.23. The Morgan fingerprint density at radius 2 is 1.81 bits per heavy atom. The zero-order valence-electron chi connectivity index (χ0n) is 17.5. The molecule has 0 bridgehead atoms. The Kier molecular flexibility index (Phi) is 6.45. The molecule has 2 N–H and O–H groups in total. The average molecular weight is 448 g/mol. The minimum Gasteiger partial charge on any atom is -0.381 e. The van der Waals surface area contributed by atoms with Crippen LogP contribution in [0.15, 0.2) is 41.8 Å². The number of hydrogen-bond donors (Lipinski definition) is 2. The summed E-state index contributed by atoms with van der Waals surface area (Å²) in [5, 5.41) is 5.78. The normalized spacial score (nSPS) is 26.9. The lowest BCUT2D eigenvalue weighted by Crippen LogP contribution is -2.35. The van der Waals surface area contributed by atoms with E-state index >= 15 is 0 Å². The van der Waals surface area contributed by atoms with Crippen LogP contribution in [0, 0.1) is 17.8 Å². The van der Waals surface area contributed by atoms with Crippen molar-refractivity contribution in [2.75, 3.05) is 31.6 Å². The number of amides is 2. The topological polar surface area (TPSA) is 105 Å². The molecular formula is C22H29N3O5S. The third-order valence-corrected chi connectivity index (χ3v) is 8.41. The van der Waals surface area contributed by atoms with E-state index < -0.39 is 10.0 Å². The summed E-state index contributed by atoms with van der Waals surface area (Å²) in [4.78, 5) is 24.2. The molecule has 2 heterocycles. The molecule has 2 amide bonds. The quantitative estimate of drug-likeness (QED) is 0.647. The van der Waals surface area contributed by atoms with Gasteiger partial charge in [-0.1, -0.05) is 12.6 Å². The fourth-order valence-electron chi connectivity index (χ4n) is 4.92. The largest absolute Gasteiger partial charge is 0.381 e. The van der Waals surface area contributed by atoms with Crippen LogP contribution >= 0.6 is 0 Å². The highest BCUT2D eigenvalue weighted by atomic mass is 32.2. The molecule has 3 aliphatic rings. The lowest BCUT2D eigenvalue weighted by molar-refractivity contribution is -0.122. The van der Waals surface area contributed by atoms with Gasteiger partial charge >= 0.3 is 0 Å². The molecule has 0 spiro atoms. The highest BCUT2D eigenvalue weighted by molar-refractivity contribution is 7.89. The van der Waals surface area contributed by atoms with Crippen LogP contribution in [0.2, 0.25) is 0 Å². The van der Waals surface area contributed by atoms with Gasteiger partial charge in [0.15, 0.2) is 0 Å². The first-order valence-corrected chi connectivity index (χ1v) is 12.2. The van der Waals surface area contributed by atoms with Crippen LogP contribution in [0.4, 0.5) is 5.69 Å². The number of nitrogens with one attached hydrogen (secondary N) is 2. The van der Waals surface area contributed by atoms with Gasteiger partial charge in [-0.05, 0) is 61.8 Å². The minimum absolute atomic E-state index is 0.0779. The van der Waals surface area contributed by atoms with E-state index in [0.717, 1.165) is 12.8 Å². The SMILES string of the molecule is C=CC(=O)NC1CC2CN(S(=O)(=O)c3cccc(NC(=O)C4CCOCC4)c3)CC2C1. The van der Waals surface area contributed by atoms with Gasteiger partial charge in [-0.15, -0.1) is 0 Å². The second kappa shape index (κ2) is 9.10. The van der Waals surface area contributed by atoms with Gasteiger partial charge in [-0.3, -0.25) is 9.59 Å². The van der Waals surface area contributed by atoms with Gasteiger partial charge in [0.05, 0.1) is 4.90 Å². The van der Waals surface area contributed by atoms with Gasteiger partial charge in [-0.25, -0.2) is 8.42 Å². The Morgan fingerprint density at radius 3 is 2.45 bits per heavy atom. The molecule has 31 heavy (non-hydrogen) atoms. The Labute approximate surface area is 183 Å². The summed E-state index contributed by atoms with van der Waals surface area (Å²) in [5.41, 5.74) is 0.490. The van der Waals surface area contributed by atoms with Crippen molar-refractivity contribution in [3.8, 4) is 0 Å². The van der Waals surface area contributed by atoms with E-state index in [2.05, 4.69) is 17.2 Å². The van der Waals surface area contributed by atoms with Crippen LogP contribution in [0.1, 0.15) is 25.7 Å². The van der Waals surface area contributed by atoms with E-state index in [4.69, 9.17) is 4.74 Å². The predicted octanol–water partition coefficient (Wildman–Crippen LogP) is 1.75. The summed E-state index contributed by atoms with van der Waals surface area (Å²) in [6, 6.07) is 6.55. The monoisotopic (exact) mass is 447 g/mol. The zero-order valence-corrected chi connectivity index (χ0v) is 18.3. The van der Waals surface area contributed by atoms with E-state index in [0.29, 0.717) is 44.8 Å². The van der Waals surface area contributed by atoms with Crippen molar-refractivity contribution in [1.82, 2.24) is 9.62 Å². The number of carbonyl (C=O) groups is 2. The van der Waals surface area contributed by atoms with Crippen LogP contribution < -0.4 is 10.6 Å². The second-order valence-corrected chi connectivity index (χ2v) is 10.6. The first kappa shape index (κ1) is 22.0. The predicted molar refractivity (Wildman–Crippen MR) is 116 cm³/mol. The van der Waals surface area contributed by atoms with Crippen LogP contribution in [-0.2, 0) is 24.3 Å². The van der Waals surface area contributed by atoms with Crippen LogP contribution in [0.25, 0.3) is 0 Å². The van der Waals surface area contributed by atoms with Crippen molar-refractivity contribution in [2.24, 2.45) is 17.8 Å². The first-order valence-electron chi connectivity index (χ1n) is 10.8. The van der Waals surface area contributed by atoms with Gasteiger partial charge in [0.2, 0.25) is 21.8 Å². The average Bonchev–Trinajstić information content (AvgIpc) is 3.33. The summed E-state index contributed by atoms with van der Waals surface area (Å²) in [5.74, 6) is 0.0827. The molecule has 0 aromatic heterocycles. The van der Waals surface area contributed by atoms with E-state index in [1.807, 2.05) is 0 Å². The molecule has 0 radical (unpaired) electrons. The second-order valence-electron chi connectivity index (χ2n) is 8.63. The molecule has 3 fully saturated rings. The molecular weight excluding hydrogens is 418 g/mol. The van der Waals surface area contributed by atoms with Gasteiger partial charge in [0, 0.05) is 44.0 Å². The lowest BCUT2D eigenvalue weighted by Gasteiger charge is -2.22. The number of rotatable bonds is 6. The maximum absolute atomic E-state index is 13.2. The molecule has 8 nitrogen and oxygen atoms in total. The third kappa shape index (κ3) is 4.83. The number of nitrogens with zero attached hydrogens (tertiary/aromatic N) is 1. The maximum Gasteiger partial charge on any atom is 0.243 e. The molecule has 1 aliphatic carbocycles. The van der Waals surface area contributed by atoms with Gasteiger partial charge in [-0.2, -0.15) is 4.31 Å². The molecule has 1 aromatic rings. The highest BCUT2D eigenvalue weighted by Gasteiger charge is 2.45. The van der Waals surface area contributed by atoms with E-state index in [-0.39, 0.29) is 40.5 Å². The van der Waals surface area contributed by atoms with E-state index in [9.17, 15) is 18.0 Å². The van der Waals surface area contributed by atoms with Gasteiger partial charge in [0.1, 0.15) is 0 Å². The Bertz CT molecular complexity index is 944. The van der Waals surface area contributed by atoms with Crippen molar-refractivity contribution in [2.45, 2.75) is 36.6 Å². The molecule has 1 saturated carbocycles. The molecule has 9 heteroatoms. The number of carbonyl (C=O) groups excluding carboxylic acids is 2. The molecule has 2 saturated heterocycles. The lowest BCUT2D eigenvalue weighted by atomic mass is 9.99. The third-order valence-electron chi connectivity index (χ3n) is 6.58. The van der Waals surface area contributed by atoms with E-state index in [1.54, 1.807) is 18.2 Å². The molecule has 2 atom stereocenters. The van der Waals surface area contributed by atoms with Crippen LogP contribution in [0.3, 0.4) is 0 Å². The Balaban J connectivity index is 1.39. The number of anilines is 1. The number of benzene rings is 1. The summed E-state index contributed by atoms with van der Waals surface area (Å²) in [7, 11) is -3.65. The molecule has 2 unspecified atom stereocenters. The summed E-state index contributed by atoms with van der Waals surface area (Å²) >= 11 is 0. The molecule has 168 valence electrons. The Morgan fingerprint density at radius 1 is 1.13 bits per heavy atom. The maximum atomic E-state index is 13.2. The fourth-order valence-corrected chi connectivity index (χ4v) is 6.52. The van der Waals surface area contributed by atoms with Crippen molar-refractivity contribution in [3.05, 3.63) is 36.9 Å². The molecule has 4 rings (SSSR count). The standard InChI is InChI=1S/C22H29N3O5S/c1-2-21(26)23-19-10-16-13-25(14-17(16)11-19)31(28,29)20-5-3-4-18(12-20)24-22(27)15-6-8-30-9-7-15/h2-5,12,15-17,19H,1,6-11,13-14H2,(H,23,26)(H,24,27). The molecule has 2 aliphatic heterocycles. The summed E-state index contributed by atoms with van der Waals surface area (Å²) in [6.45, 7) is 5.52. The van der Waals surface area contributed by atoms with Crippen molar-refractivity contribution < 1.29 is 22.7 Å². The minimum atomic E-state index is -3.65. The first-order chi connectivity index (χ1) is 14.9. The summed E-state index contributed by atoms with van der Waals surface area (Å²) in [6.07, 6.45) is 4.16. The molecule has 1 aromatic carbocycles. The highest BCUT2D eigenvalue weighted by Crippen LogP contribution is 2.40. The summed E-state index contributed by atoms with van der Waals surface area (Å²) < 4.78 is 33.3. The number of ether oxygens (including phenoxy) is 1. The number of hydrogen-bond acceptors (Lipinski definition) is 5.